The lowest BCUT2D eigenvalue weighted by molar-refractivity contribution is -0.117. The van der Waals surface area contributed by atoms with Gasteiger partial charge in [-0.2, -0.15) is 0 Å². The van der Waals surface area contributed by atoms with Crippen molar-refractivity contribution in [1.82, 2.24) is 0 Å². The molecule has 0 unspecified atom stereocenters. The summed E-state index contributed by atoms with van der Waals surface area (Å²) in [5.41, 5.74) is 4.78. The molecule has 0 N–H and O–H groups in total. The summed E-state index contributed by atoms with van der Waals surface area (Å²) in [4.78, 5) is 14.5. The van der Waals surface area contributed by atoms with Gasteiger partial charge in [-0.25, -0.2) is 8.42 Å². The van der Waals surface area contributed by atoms with Gasteiger partial charge < -0.3 is 9.64 Å². The van der Waals surface area contributed by atoms with Crippen molar-refractivity contribution in [3.8, 4) is 16.9 Å². The third-order valence-electron chi connectivity index (χ3n) is 6.95. The topological polar surface area (TPSA) is 66.9 Å². The quantitative estimate of drug-likeness (QED) is 0.667. The van der Waals surface area contributed by atoms with Gasteiger partial charge in [0.1, 0.15) is 5.75 Å². The molecule has 1 aliphatic carbocycles. The molecule has 0 atom stereocenters. The minimum Gasteiger partial charge on any atom is -0.493 e. The van der Waals surface area contributed by atoms with Crippen molar-refractivity contribution in [2.45, 2.75) is 57.9 Å². The number of amides is 1. The van der Waals surface area contributed by atoms with Crippen LogP contribution >= 0.6 is 0 Å². The van der Waals surface area contributed by atoms with E-state index in [9.17, 15) is 13.2 Å². The smallest absolute Gasteiger partial charge is 0.235 e. The van der Waals surface area contributed by atoms with Gasteiger partial charge in [-0.05, 0) is 68.4 Å². The van der Waals surface area contributed by atoms with Crippen LogP contribution in [0.2, 0.25) is 0 Å². The highest BCUT2D eigenvalue weighted by atomic mass is 32.2. The van der Waals surface area contributed by atoms with Crippen LogP contribution in [0.3, 0.4) is 0 Å². The Morgan fingerprint density at radius 3 is 2.44 bits per heavy atom. The Morgan fingerprint density at radius 2 is 1.84 bits per heavy atom. The van der Waals surface area contributed by atoms with Gasteiger partial charge in [-0.1, -0.05) is 19.1 Å². The first-order chi connectivity index (χ1) is 15.4. The van der Waals surface area contributed by atoms with Crippen molar-refractivity contribution in [2.75, 3.05) is 28.1 Å². The molecule has 2 aliphatic heterocycles. The van der Waals surface area contributed by atoms with E-state index in [0.29, 0.717) is 25.3 Å². The molecule has 32 heavy (non-hydrogen) atoms. The van der Waals surface area contributed by atoms with Crippen LogP contribution in [0.15, 0.2) is 36.4 Å². The lowest BCUT2D eigenvalue weighted by atomic mass is 9.89. The van der Waals surface area contributed by atoms with E-state index in [0.717, 1.165) is 60.2 Å². The predicted octanol–water partition coefficient (Wildman–Crippen LogP) is 4.51. The Labute approximate surface area is 190 Å². The standard InChI is InChI=1S/C25H30N2O4S/c1-3-16-31-24-21(19-5-7-20(8-6-19)26-15-4-17-32(26,29)30)9-10-23-22(24)11-12-25(13-14-25)27(23)18(2)28/h5-10H,3-4,11-17H2,1-2H3. The Morgan fingerprint density at radius 1 is 1.09 bits per heavy atom. The molecule has 170 valence electrons. The number of carbonyl (C=O) groups is 1. The number of hydrogen-bond acceptors (Lipinski definition) is 4. The molecular weight excluding hydrogens is 424 g/mol. The number of sulfonamides is 1. The van der Waals surface area contributed by atoms with Gasteiger partial charge in [-0.15, -0.1) is 0 Å². The summed E-state index contributed by atoms with van der Waals surface area (Å²) in [5.74, 6) is 1.16. The first-order valence-electron chi connectivity index (χ1n) is 11.6. The minimum absolute atomic E-state index is 0.00520. The molecule has 5 rings (SSSR count). The number of fused-ring (bicyclic) bond motifs is 1. The molecule has 0 bridgehead atoms. The lowest BCUT2D eigenvalue weighted by Gasteiger charge is -2.38. The van der Waals surface area contributed by atoms with Gasteiger partial charge in [0.15, 0.2) is 0 Å². The summed E-state index contributed by atoms with van der Waals surface area (Å²) in [5, 5.41) is 0. The van der Waals surface area contributed by atoms with Gasteiger partial charge in [0, 0.05) is 30.1 Å². The molecule has 0 aromatic heterocycles. The van der Waals surface area contributed by atoms with Gasteiger partial charge in [-0.3, -0.25) is 9.10 Å². The van der Waals surface area contributed by atoms with Gasteiger partial charge in [0.25, 0.3) is 0 Å². The Hall–Kier alpha value is -2.54. The van der Waals surface area contributed by atoms with Crippen LogP contribution in [0.25, 0.3) is 11.1 Å². The van der Waals surface area contributed by atoms with Gasteiger partial charge >= 0.3 is 0 Å². The van der Waals surface area contributed by atoms with Crippen molar-refractivity contribution in [3.63, 3.8) is 0 Å². The number of ether oxygens (including phenoxy) is 1. The van der Waals surface area contributed by atoms with E-state index < -0.39 is 10.0 Å². The SMILES string of the molecule is CCCOc1c(-c2ccc(N3CCCS3(=O)=O)cc2)ccc2c1CCC1(CC1)N2C(C)=O. The van der Waals surface area contributed by atoms with Crippen LogP contribution in [0, 0.1) is 0 Å². The van der Waals surface area contributed by atoms with Gasteiger partial charge in [0.05, 0.1) is 23.7 Å². The second kappa shape index (κ2) is 7.80. The van der Waals surface area contributed by atoms with Crippen LogP contribution in [0.1, 0.15) is 51.5 Å². The molecule has 1 amide bonds. The molecule has 2 heterocycles. The average Bonchev–Trinajstić information content (AvgIpc) is 3.44. The highest BCUT2D eigenvalue weighted by molar-refractivity contribution is 7.93. The average molecular weight is 455 g/mol. The summed E-state index contributed by atoms with van der Waals surface area (Å²) in [7, 11) is -3.20. The fraction of sp³-hybridized carbons (Fsp3) is 0.480. The lowest BCUT2D eigenvalue weighted by Crippen LogP contribution is -2.44. The Kier molecular flexibility index (Phi) is 5.19. The van der Waals surface area contributed by atoms with Crippen LogP contribution < -0.4 is 13.9 Å². The van der Waals surface area contributed by atoms with E-state index in [2.05, 4.69) is 13.0 Å². The largest absolute Gasteiger partial charge is 0.493 e. The summed E-state index contributed by atoms with van der Waals surface area (Å²) in [6, 6.07) is 11.8. The number of benzene rings is 2. The highest BCUT2D eigenvalue weighted by Gasteiger charge is 2.52. The third kappa shape index (κ3) is 3.47. The maximum Gasteiger partial charge on any atom is 0.235 e. The molecule has 6 nitrogen and oxygen atoms in total. The van der Waals surface area contributed by atoms with E-state index in [1.54, 1.807) is 6.92 Å². The van der Waals surface area contributed by atoms with Crippen molar-refractivity contribution in [3.05, 3.63) is 42.0 Å². The highest BCUT2D eigenvalue weighted by Crippen LogP contribution is 2.54. The van der Waals surface area contributed by atoms with Crippen LogP contribution in [-0.2, 0) is 21.2 Å². The zero-order chi connectivity index (χ0) is 22.5. The van der Waals surface area contributed by atoms with Gasteiger partial charge in [0.2, 0.25) is 15.9 Å². The van der Waals surface area contributed by atoms with E-state index in [1.165, 1.54) is 4.31 Å². The maximum absolute atomic E-state index is 12.5. The van der Waals surface area contributed by atoms with Crippen LogP contribution in [-0.4, -0.2) is 38.8 Å². The first-order valence-corrected chi connectivity index (χ1v) is 13.2. The van der Waals surface area contributed by atoms with Crippen LogP contribution in [0.4, 0.5) is 11.4 Å². The molecule has 2 aromatic carbocycles. The molecule has 1 saturated carbocycles. The number of hydrogen-bond donors (Lipinski definition) is 0. The zero-order valence-electron chi connectivity index (χ0n) is 18.8. The minimum atomic E-state index is -3.20. The summed E-state index contributed by atoms with van der Waals surface area (Å²) >= 11 is 0. The first kappa shape index (κ1) is 21.3. The maximum atomic E-state index is 12.5. The number of carbonyl (C=O) groups excluding carboxylic acids is 1. The fourth-order valence-corrected chi connectivity index (χ4v) is 6.81. The molecule has 7 heteroatoms. The Bertz CT molecular complexity index is 1150. The number of nitrogens with zero attached hydrogens (tertiary/aromatic N) is 2. The van der Waals surface area contributed by atoms with Crippen molar-refractivity contribution in [2.24, 2.45) is 0 Å². The predicted molar refractivity (Wildman–Crippen MR) is 127 cm³/mol. The van der Waals surface area contributed by atoms with E-state index >= 15 is 0 Å². The van der Waals surface area contributed by atoms with E-state index in [-0.39, 0.29) is 17.2 Å². The van der Waals surface area contributed by atoms with E-state index in [4.69, 9.17) is 4.74 Å². The molecule has 0 radical (unpaired) electrons. The molecular formula is C25H30N2O4S. The molecule has 2 aromatic rings. The molecule has 1 spiro atoms. The summed E-state index contributed by atoms with van der Waals surface area (Å²) in [6.45, 7) is 4.88. The second-order valence-corrected chi connectivity index (χ2v) is 11.2. The van der Waals surface area contributed by atoms with Crippen molar-refractivity contribution < 1.29 is 17.9 Å². The monoisotopic (exact) mass is 454 g/mol. The summed E-state index contributed by atoms with van der Waals surface area (Å²) in [6.07, 6.45) is 5.57. The number of anilines is 2. The molecule has 1 saturated heterocycles. The normalized spacial score (nSPS) is 20.3. The molecule has 2 fully saturated rings. The zero-order valence-corrected chi connectivity index (χ0v) is 19.6. The Balaban J connectivity index is 1.55. The van der Waals surface area contributed by atoms with Crippen molar-refractivity contribution in [1.29, 1.82) is 0 Å². The third-order valence-corrected chi connectivity index (χ3v) is 8.82. The van der Waals surface area contributed by atoms with Crippen molar-refractivity contribution >= 4 is 27.3 Å². The number of rotatable bonds is 5. The molecule has 3 aliphatic rings. The fourth-order valence-electron chi connectivity index (χ4n) is 5.25. The second-order valence-electron chi connectivity index (χ2n) is 9.16. The van der Waals surface area contributed by atoms with E-state index in [1.807, 2.05) is 35.2 Å². The summed E-state index contributed by atoms with van der Waals surface area (Å²) < 4.78 is 32.3. The van der Waals surface area contributed by atoms with Crippen LogP contribution in [0.5, 0.6) is 5.75 Å².